The Morgan fingerprint density at radius 1 is 1.25 bits per heavy atom. The van der Waals surface area contributed by atoms with Crippen molar-refractivity contribution in [2.24, 2.45) is 5.92 Å². The van der Waals surface area contributed by atoms with Gasteiger partial charge in [-0.05, 0) is 34.6 Å². The molecule has 0 saturated carbocycles. The van der Waals surface area contributed by atoms with E-state index in [1.54, 1.807) is 20.8 Å². The van der Waals surface area contributed by atoms with Crippen LogP contribution in [0.3, 0.4) is 0 Å². The molecule has 1 unspecified atom stereocenters. The molecule has 0 aliphatic heterocycles. The van der Waals surface area contributed by atoms with Crippen LogP contribution in [0.1, 0.15) is 41.0 Å². The highest BCUT2D eigenvalue weighted by atomic mass is 19.1. The van der Waals surface area contributed by atoms with Crippen LogP contribution in [-0.4, -0.2) is 28.2 Å². The summed E-state index contributed by atoms with van der Waals surface area (Å²) in [7, 11) is 0. The van der Waals surface area contributed by atoms with Gasteiger partial charge in [-0.1, -0.05) is 0 Å². The zero-order valence-electron chi connectivity index (χ0n) is 10.4. The van der Waals surface area contributed by atoms with Crippen LogP contribution in [0, 0.1) is 5.92 Å². The van der Waals surface area contributed by atoms with Crippen molar-refractivity contribution in [2.45, 2.75) is 52.2 Å². The Kier molecular flexibility index (Phi) is 4.46. The second-order valence-electron chi connectivity index (χ2n) is 5.46. The molecule has 2 N–H and O–H groups in total. The summed E-state index contributed by atoms with van der Waals surface area (Å²) in [6.07, 6.45) is -0.351. The predicted molar refractivity (Wildman–Crippen MR) is 58.8 cm³/mol. The van der Waals surface area contributed by atoms with Gasteiger partial charge in [-0.2, -0.15) is 0 Å². The van der Waals surface area contributed by atoms with E-state index < -0.39 is 29.0 Å². The van der Waals surface area contributed by atoms with Gasteiger partial charge in [0.1, 0.15) is 5.67 Å². The van der Waals surface area contributed by atoms with Gasteiger partial charge < -0.3 is 10.4 Å². The number of rotatable bonds is 4. The minimum Gasteiger partial charge on any atom is -0.481 e. The van der Waals surface area contributed by atoms with Gasteiger partial charge in [-0.3, -0.25) is 9.59 Å². The van der Waals surface area contributed by atoms with Crippen LogP contribution in [0.25, 0.3) is 0 Å². The standard InChI is InChI=1S/C11H20FNO3/c1-10(2,3)13-8(14)6-7(9(15)16)11(4,5)12/h7H,6H2,1-5H3,(H,13,14)(H,15,16). The Labute approximate surface area is 95.2 Å². The van der Waals surface area contributed by atoms with Crippen molar-refractivity contribution in [1.29, 1.82) is 0 Å². The van der Waals surface area contributed by atoms with Gasteiger partial charge in [0.25, 0.3) is 0 Å². The Morgan fingerprint density at radius 3 is 1.94 bits per heavy atom. The number of hydrogen-bond donors (Lipinski definition) is 2. The van der Waals surface area contributed by atoms with Crippen molar-refractivity contribution < 1.29 is 19.1 Å². The van der Waals surface area contributed by atoms with Crippen molar-refractivity contribution in [1.82, 2.24) is 5.32 Å². The zero-order valence-corrected chi connectivity index (χ0v) is 10.4. The number of carbonyl (C=O) groups is 2. The van der Waals surface area contributed by atoms with Crippen LogP contribution >= 0.6 is 0 Å². The number of hydrogen-bond acceptors (Lipinski definition) is 2. The summed E-state index contributed by atoms with van der Waals surface area (Å²) in [6, 6.07) is 0. The highest BCUT2D eigenvalue weighted by molar-refractivity contribution is 5.83. The van der Waals surface area contributed by atoms with E-state index in [-0.39, 0.29) is 6.42 Å². The average Bonchev–Trinajstić information content (AvgIpc) is 1.93. The van der Waals surface area contributed by atoms with Gasteiger partial charge in [-0.25, -0.2) is 4.39 Å². The normalized spacial score (nSPS) is 14.4. The van der Waals surface area contributed by atoms with E-state index in [1.165, 1.54) is 0 Å². The number of aliphatic carboxylic acids is 1. The lowest BCUT2D eigenvalue weighted by Gasteiger charge is -2.25. The third-order valence-electron chi connectivity index (χ3n) is 2.03. The molecule has 0 rings (SSSR count). The first-order valence-corrected chi connectivity index (χ1v) is 5.16. The molecule has 0 aliphatic carbocycles. The lowest BCUT2D eigenvalue weighted by atomic mass is 9.89. The molecule has 0 aromatic rings. The van der Waals surface area contributed by atoms with Crippen LogP contribution in [0.4, 0.5) is 4.39 Å². The monoisotopic (exact) mass is 233 g/mol. The number of amides is 1. The number of carboxylic acid groups (broad SMARTS) is 1. The summed E-state index contributed by atoms with van der Waals surface area (Å²) in [5.41, 5.74) is -2.36. The van der Waals surface area contributed by atoms with Crippen LogP contribution < -0.4 is 5.32 Å². The minimum absolute atomic E-state index is 0.351. The van der Waals surface area contributed by atoms with Crippen LogP contribution in [0.2, 0.25) is 0 Å². The van der Waals surface area contributed by atoms with E-state index >= 15 is 0 Å². The fourth-order valence-electron chi connectivity index (χ4n) is 1.28. The molecule has 16 heavy (non-hydrogen) atoms. The molecular weight excluding hydrogens is 213 g/mol. The molecule has 0 bridgehead atoms. The molecule has 94 valence electrons. The van der Waals surface area contributed by atoms with E-state index in [0.717, 1.165) is 13.8 Å². The lowest BCUT2D eigenvalue weighted by Crippen LogP contribution is -2.44. The van der Waals surface area contributed by atoms with Crippen molar-refractivity contribution in [3.63, 3.8) is 0 Å². The molecule has 0 aromatic carbocycles. The zero-order chi connectivity index (χ0) is 13.1. The maximum Gasteiger partial charge on any atom is 0.310 e. The fraction of sp³-hybridized carbons (Fsp3) is 0.818. The minimum atomic E-state index is -1.92. The Balaban J connectivity index is 4.56. The van der Waals surface area contributed by atoms with Gasteiger partial charge in [0.2, 0.25) is 5.91 Å². The number of carboxylic acids is 1. The van der Waals surface area contributed by atoms with E-state index in [1.807, 2.05) is 0 Å². The maximum atomic E-state index is 13.5. The SMILES string of the molecule is CC(C)(C)NC(=O)CC(C(=O)O)C(C)(C)F. The molecule has 0 heterocycles. The quantitative estimate of drug-likeness (QED) is 0.777. The highest BCUT2D eigenvalue weighted by Gasteiger charge is 2.37. The molecule has 0 saturated heterocycles. The summed E-state index contributed by atoms with van der Waals surface area (Å²) in [5.74, 6) is -3.07. The summed E-state index contributed by atoms with van der Waals surface area (Å²) in [6.45, 7) is 7.66. The van der Waals surface area contributed by atoms with Crippen molar-refractivity contribution >= 4 is 11.9 Å². The smallest absolute Gasteiger partial charge is 0.310 e. The maximum absolute atomic E-state index is 13.5. The van der Waals surface area contributed by atoms with Gasteiger partial charge in [0.15, 0.2) is 0 Å². The molecule has 1 amide bonds. The topological polar surface area (TPSA) is 66.4 Å². The van der Waals surface area contributed by atoms with Crippen LogP contribution in [-0.2, 0) is 9.59 Å². The van der Waals surface area contributed by atoms with Crippen molar-refractivity contribution in [2.75, 3.05) is 0 Å². The van der Waals surface area contributed by atoms with E-state index in [9.17, 15) is 14.0 Å². The number of carbonyl (C=O) groups excluding carboxylic acids is 1. The van der Waals surface area contributed by atoms with Crippen molar-refractivity contribution in [3.8, 4) is 0 Å². The van der Waals surface area contributed by atoms with Crippen molar-refractivity contribution in [3.05, 3.63) is 0 Å². The third kappa shape index (κ3) is 5.68. The first-order chi connectivity index (χ1) is 6.93. The van der Waals surface area contributed by atoms with Gasteiger partial charge >= 0.3 is 5.97 Å². The first kappa shape index (κ1) is 14.9. The molecule has 0 aliphatic rings. The molecule has 4 nitrogen and oxygen atoms in total. The lowest BCUT2D eigenvalue weighted by molar-refractivity contribution is -0.149. The molecule has 0 aromatic heterocycles. The second-order valence-corrected chi connectivity index (χ2v) is 5.46. The molecule has 0 spiro atoms. The third-order valence-corrected chi connectivity index (χ3v) is 2.03. The summed E-state index contributed by atoms with van der Waals surface area (Å²) < 4.78 is 13.5. The molecule has 0 fully saturated rings. The molecular formula is C11H20FNO3. The van der Waals surface area contributed by atoms with Gasteiger partial charge in [-0.15, -0.1) is 0 Å². The molecule has 5 heteroatoms. The summed E-state index contributed by atoms with van der Waals surface area (Å²) >= 11 is 0. The average molecular weight is 233 g/mol. The molecule has 1 atom stereocenters. The van der Waals surface area contributed by atoms with Crippen LogP contribution in [0.5, 0.6) is 0 Å². The van der Waals surface area contributed by atoms with Crippen LogP contribution in [0.15, 0.2) is 0 Å². The summed E-state index contributed by atoms with van der Waals surface area (Å²) in [4.78, 5) is 22.3. The molecule has 0 radical (unpaired) electrons. The largest absolute Gasteiger partial charge is 0.481 e. The number of halogens is 1. The second kappa shape index (κ2) is 4.80. The summed E-state index contributed by atoms with van der Waals surface area (Å²) in [5, 5.41) is 11.4. The highest BCUT2D eigenvalue weighted by Crippen LogP contribution is 2.25. The predicted octanol–water partition coefficient (Wildman–Crippen LogP) is 1.74. The van der Waals surface area contributed by atoms with E-state index in [0.29, 0.717) is 0 Å². The Morgan fingerprint density at radius 2 is 1.69 bits per heavy atom. The van der Waals surface area contributed by atoms with E-state index in [4.69, 9.17) is 5.11 Å². The number of alkyl halides is 1. The number of nitrogens with one attached hydrogen (secondary N) is 1. The fourth-order valence-corrected chi connectivity index (χ4v) is 1.28. The Bertz CT molecular complexity index is 276. The van der Waals surface area contributed by atoms with Gasteiger partial charge in [0.05, 0.1) is 5.92 Å². The van der Waals surface area contributed by atoms with E-state index in [2.05, 4.69) is 5.32 Å². The van der Waals surface area contributed by atoms with Gasteiger partial charge in [0, 0.05) is 12.0 Å². The first-order valence-electron chi connectivity index (χ1n) is 5.16. The Hall–Kier alpha value is -1.13.